The Kier molecular flexibility index (Phi) is 5.95. The molecule has 1 amide bonds. The Balaban J connectivity index is 1.59. The highest BCUT2D eigenvalue weighted by Crippen LogP contribution is 2.12. The van der Waals surface area contributed by atoms with E-state index in [0.717, 1.165) is 30.4 Å². The first kappa shape index (κ1) is 16.2. The fourth-order valence-corrected chi connectivity index (χ4v) is 3.02. The number of nitrogens with zero attached hydrogens (tertiary/aromatic N) is 6. The molecule has 0 spiro atoms. The van der Waals surface area contributed by atoms with E-state index in [0.29, 0.717) is 19.1 Å². The smallest absolute Gasteiger partial charge is 0.234 e. The number of hydrogen-bond acceptors (Lipinski definition) is 7. The van der Waals surface area contributed by atoms with Crippen molar-refractivity contribution < 1.29 is 4.79 Å². The number of likely N-dealkylation sites (tertiary alicyclic amines) is 1. The number of thioether (sulfide) groups is 1. The van der Waals surface area contributed by atoms with Crippen LogP contribution in [-0.4, -0.2) is 88.0 Å². The highest BCUT2D eigenvalue weighted by atomic mass is 32.2. The summed E-state index contributed by atoms with van der Waals surface area (Å²) in [5.74, 6) is 0.853. The van der Waals surface area contributed by atoms with Crippen LogP contribution >= 0.6 is 11.8 Å². The molecule has 0 aromatic carbocycles. The highest BCUT2D eigenvalue weighted by Gasteiger charge is 2.24. The minimum atomic E-state index is 0.0890. The van der Waals surface area contributed by atoms with Crippen LogP contribution in [0.1, 0.15) is 6.42 Å². The quantitative estimate of drug-likeness (QED) is 0.514. The van der Waals surface area contributed by atoms with Crippen LogP contribution in [0, 0.1) is 0 Å². The molecule has 1 aromatic rings. The van der Waals surface area contributed by atoms with Gasteiger partial charge in [-0.25, -0.2) is 4.68 Å². The molecular formula is C12H23N7OS. The number of carbonyl (C=O) groups excluding carboxylic acids is 1. The highest BCUT2D eigenvalue weighted by molar-refractivity contribution is 7.99. The largest absolute Gasteiger partial charge is 0.354 e. The molecule has 1 N–H and O–H groups in total. The summed E-state index contributed by atoms with van der Waals surface area (Å²) in [6.45, 7) is 3.08. The Morgan fingerprint density at radius 3 is 2.95 bits per heavy atom. The average Bonchev–Trinajstić information content (AvgIpc) is 3.04. The number of aromatic nitrogens is 4. The van der Waals surface area contributed by atoms with E-state index in [4.69, 9.17) is 0 Å². The van der Waals surface area contributed by atoms with Gasteiger partial charge in [0.2, 0.25) is 11.1 Å². The fraction of sp³-hybridized carbons (Fsp3) is 0.833. The van der Waals surface area contributed by atoms with Gasteiger partial charge in [0, 0.05) is 38.5 Å². The van der Waals surface area contributed by atoms with Crippen LogP contribution < -0.4 is 5.32 Å². The molecule has 0 unspecified atom stereocenters. The summed E-state index contributed by atoms with van der Waals surface area (Å²) in [4.78, 5) is 16.3. The molecular weight excluding hydrogens is 290 g/mol. The van der Waals surface area contributed by atoms with Gasteiger partial charge in [0.1, 0.15) is 0 Å². The number of carbonyl (C=O) groups is 1. The van der Waals surface area contributed by atoms with Crippen LogP contribution in [0.2, 0.25) is 0 Å². The zero-order valence-electron chi connectivity index (χ0n) is 12.8. The van der Waals surface area contributed by atoms with Gasteiger partial charge in [-0.1, -0.05) is 11.8 Å². The van der Waals surface area contributed by atoms with Gasteiger partial charge in [-0.15, -0.1) is 5.10 Å². The molecule has 0 aliphatic carbocycles. The number of nitrogens with one attached hydrogen (secondary N) is 1. The normalized spacial score (nSPS) is 19.3. The molecule has 118 valence electrons. The number of aryl methyl sites for hydroxylation is 1. The molecule has 21 heavy (non-hydrogen) atoms. The summed E-state index contributed by atoms with van der Waals surface area (Å²) in [5.41, 5.74) is 0. The van der Waals surface area contributed by atoms with Crippen molar-refractivity contribution in [2.45, 2.75) is 17.6 Å². The van der Waals surface area contributed by atoms with E-state index in [1.165, 1.54) is 11.8 Å². The van der Waals surface area contributed by atoms with Gasteiger partial charge < -0.3 is 10.2 Å². The molecule has 1 fully saturated rings. The first-order valence-corrected chi connectivity index (χ1v) is 8.05. The van der Waals surface area contributed by atoms with Gasteiger partial charge in [-0.05, 0) is 30.9 Å². The minimum Gasteiger partial charge on any atom is -0.354 e. The van der Waals surface area contributed by atoms with Crippen LogP contribution in [0.3, 0.4) is 0 Å². The van der Waals surface area contributed by atoms with Crippen LogP contribution in [0.5, 0.6) is 0 Å². The second-order valence-corrected chi connectivity index (χ2v) is 6.49. The minimum absolute atomic E-state index is 0.0890. The topological polar surface area (TPSA) is 79.2 Å². The molecule has 1 aliphatic rings. The third-order valence-electron chi connectivity index (χ3n) is 3.58. The lowest BCUT2D eigenvalue weighted by atomic mass is 10.2. The second-order valence-electron chi connectivity index (χ2n) is 5.42. The Morgan fingerprint density at radius 2 is 2.33 bits per heavy atom. The molecule has 1 atom stereocenters. The van der Waals surface area contributed by atoms with Crippen molar-refractivity contribution in [1.29, 1.82) is 0 Å². The molecule has 9 heteroatoms. The van der Waals surface area contributed by atoms with E-state index >= 15 is 0 Å². The Morgan fingerprint density at radius 1 is 1.52 bits per heavy atom. The van der Waals surface area contributed by atoms with Gasteiger partial charge in [0.15, 0.2) is 0 Å². The van der Waals surface area contributed by atoms with Crippen LogP contribution in [0.15, 0.2) is 5.16 Å². The summed E-state index contributed by atoms with van der Waals surface area (Å²) in [6.07, 6.45) is 1.13. The monoisotopic (exact) mass is 313 g/mol. The first-order chi connectivity index (χ1) is 10.1. The molecule has 0 radical (unpaired) electrons. The Hall–Kier alpha value is -1.19. The molecule has 1 aliphatic heterocycles. The van der Waals surface area contributed by atoms with E-state index < -0.39 is 0 Å². The summed E-state index contributed by atoms with van der Waals surface area (Å²) >= 11 is 1.53. The van der Waals surface area contributed by atoms with Gasteiger partial charge >= 0.3 is 0 Å². The van der Waals surface area contributed by atoms with Crippen molar-refractivity contribution in [2.24, 2.45) is 7.05 Å². The number of amides is 1. The average molecular weight is 313 g/mol. The molecule has 0 saturated carbocycles. The van der Waals surface area contributed by atoms with E-state index in [1.54, 1.807) is 11.7 Å². The molecule has 8 nitrogen and oxygen atoms in total. The molecule has 0 bridgehead atoms. The molecule has 1 saturated heterocycles. The Bertz CT molecular complexity index is 464. The first-order valence-electron chi connectivity index (χ1n) is 7.07. The lowest BCUT2D eigenvalue weighted by molar-refractivity contribution is -0.121. The van der Waals surface area contributed by atoms with Gasteiger partial charge in [0.25, 0.3) is 0 Å². The maximum atomic E-state index is 11.9. The van der Waals surface area contributed by atoms with Crippen molar-refractivity contribution in [3.63, 3.8) is 0 Å². The number of tetrazole rings is 1. The van der Waals surface area contributed by atoms with E-state index in [1.807, 2.05) is 0 Å². The van der Waals surface area contributed by atoms with E-state index in [-0.39, 0.29) is 5.91 Å². The zero-order valence-corrected chi connectivity index (χ0v) is 13.6. The van der Waals surface area contributed by atoms with Crippen LogP contribution in [0.25, 0.3) is 0 Å². The van der Waals surface area contributed by atoms with Gasteiger partial charge in [0.05, 0.1) is 6.54 Å². The lowest BCUT2D eigenvalue weighted by Crippen LogP contribution is -2.38. The van der Waals surface area contributed by atoms with Crippen LogP contribution in [0.4, 0.5) is 0 Å². The van der Waals surface area contributed by atoms with Crippen molar-refractivity contribution in [1.82, 2.24) is 35.3 Å². The second kappa shape index (κ2) is 7.71. The third kappa shape index (κ3) is 4.94. The van der Waals surface area contributed by atoms with Gasteiger partial charge in [-0.2, -0.15) is 0 Å². The number of rotatable bonds is 7. The predicted molar refractivity (Wildman–Crippen MR) is 81.1 cm³/mol. The maximum Gasteiger partial charge on any atom is 0.234 e. The standard InChI is InChI=1S/C12H23N7OS/c1-17(2)10-4-6-19(8-10)9-11(20)13-5-7-21-12-14-15-16-18(12)3/h10H,4-9H2,1-3H3,(H,13,20)/t10-/m1/s1. The maximum absolute atomic E-state index is 11.9. The lowest BCUT2D eigenvalue weighted by Gasteiger charge is -2.20. The van der Waals surface area contributed by atoms with Crippen LogP contribution in [-0.2, 0) is 11.8 Å². The van der Waals surface area contributed by atoms with Crippen molar-refractivity contribution in [2.75, 3.05) is 46.0 Å². The fourth-order valence-electron chi connectivity index (χ4n) is 2.31. The predicted octanol–water partition coefficient (Wildman–Crippen LogP) is -0.946. The summed E-state index contributed by atoms with van der Waals surface area (Å²) < 4.78 is 1.62. The molecule has 2 rings (SSSR count). The Labute approximate surface area is 129 Å². The zero-order chi connectivity index (χ0) is 15.2. The summed E-state index contributed by atoms with van der Waals surface area (Å²) in [5, 5.41) is 14.9. The van der Waals surface area contributed by atoms with Gasteiger partial charge in [-0.3, -0.25) is 9.69 Å². The van der Waals surface area contributed by atoms with Crippen molar-refractivity contribution in [3.05, 3.63) is 0 Å². The molecule has 2 heterocycles. The molecule has 1 aromatic heterocycles. The van der Waals surface area contributed by atoms with E-state index in [9.17, 15) is 4.79 Å². The summed E-state index contributed by atoms with van der Waals surface area (Å²) in [6, 6.07) is 0.566. The van der Waals surface area contributed by atoms with Crippen molar-refractivity contribution >= 4 is 17.7 Å². The number of hydrogen-bond donors (Lipinski definition) is 1. The number of likely N-dealkylation sites (N-methyl/N-ethyl adjacent to an activating group) is 1. The van der Waals surface area contributed by atoms with E-state index in [2.05, 4.69) is 44.7 Å². The summed E-state index contributed by atoms with van der Waals surface area (Å²) in [7, 11) is 5.98. The van der Waals surface area contributed by atoms with Crippen molar-refractivity contribution in [3.8, 4) is 0 Å². The SMILES string of the molecule is CN(C)[C@@H]1CCN(CC(=O)NCCSc2nnnn2C)C1. The third-order valence-corrected chi connectivity index (χ3v) is 4.59.